The summed E-state index contributed by atoms with van der Waals surface area (Å²) in [4.78, 5) is 5.58. The summed E-state index contributed by atoms with van der Waals surface area (Å²) in [6, 6.07) is 6.88. The Balaban J connectivity index is 2.17. The third kappa shape index (κ3) is 4.09. The van der Waals surface area contributed by atoms with E-state index in [1.807, 2.05) is 11.6 Å². The Bertz CT molecular complexity index is 498. The number of hydrogen-bond acceptors (Lipinski definition) is 4. The highest BCUT2D eigenvalue weighted by atomic mass is 79.9. The maximum absolute atomic E-state index is 4.32. The number of thiazole rings is 1. The van der Waals surface area contributed by atoms with Crippen LogP contribution < -0.4 is 5.32 Å². The molecule has 2 nitrogen and oxygen atoms in total. The van der Waals surface area contributed by atoms with Crippen molar-refractivity contribution >= 4 is 39.0 Å². The Morgan fingerprint density at radius 1 is 1.44 bits per heavy atom. The highest BCUT2D eigenvalue weighted by Crippen LogP contribution is 2.33. The lowest BCUT2D eigenvalue weighted by molar-refractivity contribution is 0.584. The van der Waals surface area contributed by atoms with E-state index >= 15 is 0 Å². The average molecular weight is 343 g/mol. The fourth-order valence-corrected chi connectivity index (χ4v) is 3.55. The van der Waals surface area contributed by atoms with Crippen LogP contribution in [-0.4, -0.2) is 11.0 Å². The van der Waals surface area contributed by atoms with E-state index < -0.39 is 0 Å². The number of nitrogens with one attached hydrogen (secondary N) is 1. The molecule has 1 N–H and O–H groups in total. The first-order chi connectivity index (χ1) is 8.65. The molecule has 1 heterocycles. The number of rotatable bonds is 5. The van der Waals surface area contributed by atoms with Gasteiger partial charge in [0.1, 0.15) is 0 Å². The highest BCUT2D eigenvalue weighted by Gasteiger charge is 2.07. The minimum atomic E-state index is 0.488. The van der Waals surface area contributed by atoms with E-state index in [0.717, 1.165) is 15.4 Å². The van der Waals surface area contributed by atoms with Gasteiger partial charge in [0, 0.05) is 33.5 Å². The van der Waals surface area contributed by atoms with Crippen LogP contribution in [0.5, 0.6) is 0 Å². The molecule has 0 radical (unpaired) electrons. The van der Waals surface area contributed by atoms with Crippen molar-refractivity contribution in [3.8, 4) is 0 Å². The summed E-state index contributed by atoms with van der Waals surface area (Å²) >= 11 is 6.93. The lowest BCUT2D eigenvalue weighted by Gasteiger charge is -2.12. The van der Waals surface area contributed by atoms with Crippen LogP contribution in [0.4, 0.5) is 0 Å². The van der Waals surface area contributed by atoms with Crippen LogP contribution in [0.15, 0.2) is 43.5 Å². The van der Waals surface area contributed by atoms with Crippen molar-refractivity contribution in [2.45, 2.75) is 35.7 Å². The molecule has 0 aliphatic heterocycles. The van der Waals surface area contributed by atoms with Crippen LogP contribution >= 0.6 is 39.0 Å². The van der Waals surface area contributed by atoms with E-state index in [9.17, 15) is 0 Å². The van der Waals surface area contributed by atoms with Crippen molar-refractivity contribution < 1.29 is 0 Å². The van der Waals surface area contributed by atoms with Crippen molar-refractivity contribution in [1.82, 2.24) is 10.3 Å². The molecule has 1 aromatic heterocycles. The zero-order valence-corrected chi connectivity index (χ0v) is 13.5. The highest BCUT2D eigenvalue weighted by molar-refractivity contribution is 9.10. The summed E-state index contributed by atoms with van der Waals surface area (Å²) in [6.07, 6.45) is 1.85. The molecule has 0 amide bonds. The van der Waals surface area contributed by atoms with Crippen LogP contribution in [-0.2, 0) is 6.54 Å². The fourth-order valence-electron chi connectivity index (χ4n) is 1.45. The second-order valence-corrected chi connectivity index (χ2v) is 7.29. The van der Waals surface area contributed by atoms with Gasteiger partial charge in [0.15, 0.2) is 4.34 Å². The first-order valence-corrected chi connectivity index (χ1v) is 8.23. The van der Waals surface area contributed by atoms with E-state index in [4.69, 9.17) is 0 Å². The molecule has 2 rings (SSSR count). The fraction of sp³-hybridized carbons (Fsp3) is 0.308. The van der Waals surface area contributed by atoms with Crippen molar-refractivity contribution in [1.29, 1.82) is 0 Å². The molecule has 2 aromatic rings. The number of hydrogen-bond donors (Lipinski definition) is 1. The Morgan fingerprint density at radius 2 is 2.28 bits per heavy atom. The van der Waals surface area contributed by atoms with E-state index in [1.165, 1.54) is 10.5 Å². The first-order valence-electron chi connectivity index (χ1n) is 5.74. The summed E-state index contributed by atoms with van der Waals surface area (Å²) in [5.74, 6) is 0. The Hall–Kier alpha value is -0.360. The second kappa shape index (κ2) is 6.70. The molecular formula is C13H15BrN2S2. The summed E-state index contributed by atoms with van der Waals surface area (Å²) in [6.45, 7) is 5.20. The molecule has 0 aliphatic carbocycles. The predicted octanol–water partition coefficient (Wildman–Crippen LogP) is 4.55. The molecule has 96 valence electrons. The lowest BCUT2D eigenvalue weighted by atomic mass is 10.2. The van der Waals surface area contributed by atoms with Gasteiger partial charge in [-0.2, -0.15) is 0 Å². The van der Waals surface area contributed by atoms with Gasteiger partial charge in [-0.15, -0.1) is 11.3 Å². The number of halogens is 1. The summed E-state index contributed by atoms with van der Waals surface area (Å²) in [5.41, 5.74) is 1.30. The van der Waals surface area contributed by atoms with Gasteiger partial charge in [0.25, 0.3) is 0 Å². The molecule has 5 heteroatoms. The van der Waals surface area contributed by atoms with Gasteiger partial charge in [-0.25, -0.2) is 4.98 Å². The molecule has 0 bridgehead atoms. The van der Waals surface area contributed by atoms with E-state index in [0.29, 0.717) is 6.04 Å². The first kappa shape index (κ1) is 14.1. The molecule has 18 heavy (non-hydrogen) atoms. The van der Waals surface area contributed by atoms with Gasteiger partial charge < -0.3 is 5.32 Å². The topological polar surface area (TPSA) is 24.9 Å². The minimum absolute atomic E-state index is 0.488. The van der Waals surface area contributed by atoms with Gasteiger partial charge >= 0.3 is 0 Å². The quantitative estimate of drug-likeness (QED) is 0.862. The smallest absolute Gasteiger partial charge is 0.154 e. The Kier molecular flexibility index (Phi) is 5.24. The summed E-state index contributed by atoms with van der Waals surface area (Å²) in [7, 11) is 0. The van der Waals surface area contributed by atoms with Crippen molar-refractivity contribution in [2.75, 3.05) is 0 Å². The molecule has 0 aliphatic rings. The Labute approximate surface area is 124 Å². The molecule has 1 aromatic carbocycles. The SMILES string of the molecule is CC(C)NCc1cc(Br)ccc1Sc1nccs1. The van der Waals surface area contributed by atoms with Crippen LogP contribution in [0.3, 0.4) is 0 Å². The zero-order chi connectivity index (χ0) is 13.0. The maximum atomic E-state index is 4.32. The molecule has 0 spiro atoms. The number of aromatic nitrogens is 1. The van der Waals surface area contributed by atoms with Crippen molar-refractivity contribution in [3.63, 3.8) is 0 Å². The summed E-state index contributed by atoms with van der Waals surface area (Å²) in [5, 5.41) is 5.46. The molecular weight excluding hydrogens is 328 g/mol. The largest absolute Gasteiger partial charge is 0.310 e. The predicted molar refractivity (Wildman–Crippen MR) is 82.4 cm³/mol. The van der Waals surface area contributed by atoms with E-state index in [-0.39, 0.29) is 0 Å². The second-order valence-electron chi connectivity index (χ2n) is 4.19. The third-order valence-electron chi connectivity index (χ3n) is 2.33. The van der Waals surface area contributed by atoms with Gasteiger partial charge in [-0.1, -0.05) is 41.5 Å². The molecule has 0 saturated heterocycles. The Morgan fingerprint density at radius 3 is 2.94 bits per heavy atom. The van der Waals surface area contributed by atoms with Gasteiger partial charge in [0.05, 0.1) is 0 Å². The van der Waals surface area contributed by atoms with Crippen molar-refractivity contribution in [2.24, 2.45) is 0 Å². The number of nitrogens with zero attached hydrogens (tertiary/aromatic N) is 1. The molecule has 0 saturated carbocycles. The van der Waals surface area contributed by atoms with Crippen molar-refractivity contribution in [3.05, 3.63) is 39.8 Å². The zero-order valence-electron chi connectivity index (χ0n) is 10.3. The average Bonchev–Trinajstić information content (AvgIpc) is 2.82. The normalized spacial score (nSPS) is 11.1. The van der Waals surface area contributed by atoms with Gasteiger partial charge in [-0.3, -0.25) is 0 Å². The summed E-state index contributed by atoms with van der Waals surface area (Å²) < 4.78 is 2.20. The number of benzene rings is 1. The van der Waals surface area contributed by atoms with Crippen LogP contribution in [0.25, 0.3) is 0 Å². The molecule has 0 atom stereocenters. The van der Waals surface area contributed by atoms with E-state index in [2.05, 4.69) is 58.3 Å². The lowest BCUT2D eigenvalue weighted by Crippen LogP contribution is -2.22. The monoisotopic (exact) mass is 342 g/mol. The van der Waals surface area contributed by atoms with E-state index in [1.54, 1.807) is 23.1 Å². The van der Waals surface area contributed by atoms with Gasteiger partial charge in [-0.05, 0) is 23.8 Å². The minimum Gasteiger partial charge on any atom is -0.310 e. The maximum Gasteiger partial charge on any atom is 0.154 e. The third-order valence-corrected chi connectivity index (χ3v) is 4.83. The van der Waals surface area contributed by atoms with Gasteiger partial charge in [0.2, 0.25) is 0 Å². The molecule has 0 unspecified atom stereocenters. The standard InChI is InChI=1S/C13H15BrN2S2/c1-9(2)16-8-10-7-11(14)3-4-12(10)18-13-15-5-6-17-13/h3-7,9,16H,8H2,1-2H3. The van der Waals surface area contributed by atoms with Crippen LogP contribution in [0, 0.1) is 0 Å². The van der Waals surface area contributed by atoms with Crippen LogP contribution in [0.1, 0.15) is 19.4 Å². The van der Waals surface area contributed by atoms with Crippen LogP contribution in [0.2, 0.25) is 0 Å². The molecule has 0 fully saturated rings.